The smallest absolute Gasteiger partial charge is 0.226 e. The third-order valence-corrected chi connectivity index (χ3v) is 5.73. The predicted octanol–water partition coefficient (Wildman–Crippen LogP) is 5.12. The normalized spacial score (nSPS) is 19.4. The van der Waals surface area contributed by atoms with Crippen molar-refractivity contribution in [2.45, 2.75) is 59.9 Å². The number of nitrogens with zero attached hydrogens (tertiary/aromatic N) is 2. The number of amides is 1. The summed E-state index contributed by atoms with van der Waals surface area (Å²) in [5, 5.41) is 0. The third kappa shape index (κ3) is 3.84. The van der Waals surface area contributed by atoms with Crippen molar-refractivity contribution in [3.8, 4) is 11.3 Å². The molecule has 1 amide bonds. The monoisotopic (exact) mass is 353 g/mol. The third-order valence-electron chi connectivity index (χ3n) is 5.73. The molecular formula is C22H31N3O. The molecule has 1 fully saturated rings. The zero-order chi connectivity index (χ0) is 18.9. The van der Waals surface area contributed by atoms with Crippen molar-refractivity contribution in [1.29, 1.82) is 0 Å². The van der Waals surface area contributed by atoms with E-state index in [0.717, 1.165) is 42.9 Å². The van der Waals surface area contributed by atoms with Crippen LogP contribution in [0.4, 0.5) is 0 Å². The Kier molecular flexibility index (Phi) is 5.22. The van der Waals surface area contributed by atoms with Gasteiger partial charge in [0, 0.05) is 12.5 Å². The van der Waals surface area contributed by atoms with Gasteiger partial charge in [-0.05, 0) is 37.2 Å². The van der Waals surface area contributed by atoms with Gasteiger partial charge in [0.1, 0.15) is 5.82 Å². The van der Waals surface area contributed by atoms with Crippen LogP contribution in [0.5, 0.6) is 0 Å². The summed E-state index contributed by atoms with van der Waals surface area (Å²) in [6, 6.07) is 8.49. The second kappa shape index (κ2) is 7.26. The van der Waals surface area contributed by atoms with E-state index in [-0.39, 0.29) is 23.3 Å². The first kappa shape index (κ1) is 18.7. The molecule has 1 aromatic carbocycles. The number of imidazole rings is 1. The van der Waals surface area contributed by atoms with E-state index in [0.29, 0.717) is 0 Å². The molecule has 0 spiro atoms. The number of aromatic amines is 1. The molecular weight excluding hydrogens is 322 g/mol. The van der Waals surface area contributed by atoms with Crippen LogP contribution in [-0.4, -0.2) is 27.3 Å². The topological polar surface area (TPSA) is 49.0 Å². The maximum atomic E-state index is 13.1. The fourth-order valence-electron chi connectivity index (χ4n) is 3.48. The molecule has 2 atom stereocenters. The zero-order valence-electron chi connectivity index (χ0n) is 16.7. The van der Waals surface area contributed by atoms with Crippen molar-refractivity contribution < 1.29 is 4.79 Å². The molecule has 2 unspecified atom stereocenters. The summed E-state index contributed by atoms with van der Waals surface area (Å²) in [4.78, 5) is 23.3. The molecule has 2 heterocycles. The number of nitrogens with one attached hydrogen (secondary N) is 1. The molecule has 140 valence electrons. The van der Waals surface area contributed by atoms with Gasteiger partial charge in [0.2, 0.25) is 5.91 Å². The molecule has 0 bridgehead atoms. The highest BCUT2D eigenvalue weighted by Gasteiger charge is 2.36. The van der Waals surface area contributed by atoms with Crippen LogP contribution in [-0.2, 0) is 4.79 Å². The van der Waals surface area contributed by atoms with Gasteiger partial charge in [-0.25, -0.2) is 4.98 Å². The summed E-state index contributed by atoms with van der Waals surface area (Å²) in [5.41, 5.74) is 3.36. The maximum Gasteiger partial charge on any atom is 0.226 e. The Balaban J connectivity index is 1.84. The number of rotatable bonds is 3. The largest absolute Gasteiger partial charge is 0.340 e. The average molecular weight is 354 g/mol. The fourth-order valence-corrected chi connectivity index (χ4v) is 3.48. The Bertz CT molecular complexity index is 754. The van der Waals surface area contributed by atoms with Gasteiger partial charge < -0.3 is 9.88 Å². The van der Waals surface area contributed by atoms with Crippen molar-refractivity contribution in [3.63, 3.8) is 0 Å². The van der Waals surface area contributed by atoms with Crippen LogP contribution < -0.4 is 0 Å². The number of benzene rings is 1. The molecule has 26 heavy (non-hydrogen) atoms. The SMILES string of the molecule is Cc1ccc(-c2cnc(C3CCCCN3C(=O)C(C)C(C)(C)C)[nH]2)cc1. The van der Waals surface area contributed by atoms with E-state index < -0.39 is 0 Å². The van der Waals surface area contributed by atoms with E-state index in [1.54, 1.807) is 0 Å². The van der Waals surface area contributed by atoms with E-state index in [9.17, 15) is 4.79 Å². The summed E-state index contributed by atoms with van der Waals surface area (Å²) in [6.07, 6.45) is 5.08. The molecule has 1 aromatic heterocycles. The minimum absolute atomic E-state index is 0.00497. The van der Waals surface area contributed by atoms with Crippen LogP contribution in [0.25, 0.3) is 11.3 Å². The minimum Gasteiger partial charge on any atom is -0.340 e. The van der Waals surface area contributed by atoms with Gasteiger partial charge in [-0.3, -0.25) is 4.79 Å². The second-order valence-corrected chi connectivity index (χ2v) is 8.68. The minimum atomic E-state index is -0.0324. The Morgan fingerprint density at radius 1 is 1.23 bits per heavy atom. The lowest BCUT2D eigenvalue weighted by molar-refractivity contribution is -0.142. The molecule has 1 aliphatic rings. The van der Waals surface area contributed by atoms with E-state index in [1.807, 2.05) is 13.1 Å². The quantitative estimate of drug-likeness (QED) is 0.832. The first-order chi connectivity index (χ1) is 12.3. The molecule has 2 aromatic rings. The van der Waals surface area contributed by atoms with E-state index in [4.69, 9.17) is 0 Å². The summed E-state index contributed by atoms with van der Waals surface area (Å²) in [5.74, 6) is 1.15. The van der Waals surface area contributed by atoms with E-state index in [2.05, 4.69) is 66.8 Å². The van der Waals surface area contributed by atoms with Crippen LogP contribution in [0.2, 0.25) is 0 Å². The van der Waals surface area contributed by atoms with Crippen LogP contribution in [0.3, 0.4) is 0 Å². The number of carbonyl (C=O) groups is 1. The second-order valence-electron chi connectivity index (χ2n) is 8.68. The molecule has 4 heteroatoms. The molecule has 0 aliphatic carbocycles. The number of hydrogen-bond donors (Lipinski definition) is 1. The van der Waals surface area contributed by atoms with Gasteiger partial charge in [-0.15, -0.1) is 0 Å². The standard InChI is InChI=1S/C22H31N3O/c1-15-9-11-17(12-10-15)18-14-23-20(24-18)19-8-6-7-13-25(19)21(26)16(2)22(3,4)5/h9-12,14,16,19H,6-8,13H2,1-5H3,(H,23,24). The Labute approximate surface area is 157 Å². The van der Waals surface area contributed by atoms with Gasteiger partial charge in [-0.2, -0.15) is 0 Å². The highest BCUT2D eigenvalue weighted by atomic mass is 16.2. The Morgan fingerprint density at radius 2 is 1.92 bits per heavy atom. The predicted molar refractivity (Wildman–Crippen MR) is 106 cm³/mol. The molecule has 1 saturated heterocycles. The lowest BCUT2D eigenvalue weighted by Crippen LogP contribution is -2.44. The van der Waals surface area contributed by atoms with Crippen molar-refractivity contribution >= 4 is 5.91 Å². The molecule has 0 saturated carbocycles. The number of H-pyrrole nitrogens is 1. The van der Waals surface area contributed by atoms with Gasteiger partial charge in [0.25, 0.3) is 0 Å². The van der Waals surface area contributed by atoms with Gasteiger partial charge >= 0.3 is 0 Å². The van der Waals surface area contributed by atoms with Crippen LogP contribution in [0, 0.1) is 18.3 Å². The molecule has 3 rings (SSSR count). The maximum absolute atomic E-state index is 13.1. The highest BCUT2D eigenvalue weighted by Crippen LogP contribution is 2.35. The van der Waals surface area contributed by atoms with E-state index >= 15 is 0 Å². The molecule has 1 N–H and O–H groups in total. The number of carbonyl (C=O) groups excluding carboxylic acids is 1. The lowest BCUT2D eigenvalue weighted by atomic mass is 9.80. The number of hydrogen-bond acceptors (Lipinski definition) is 2. The first-order valence-corrected chi connectivity index (χ1v) is 9.70. The fraction of sp³-hybridized carbons (Fsp3) is 0.545. The Morgan fingerprint density at radius 3 is 2.58 bits per heavy atom. The molecule has 0 radical (unpaired) electrons. The average Bonchev–Trinajstić information content (AvgIpc) is 3.10. The van der Waals surface area contributed by atoms with Crippen molar-refractivity contribution in [2.75, 3.05) is 6.54 Å². The van der Waals surface area contributed by atoms with Crippen LogP contribution in [0.1, 0.15) is 64.4 Å². The van der Waals surface area contributed by atoms with Gasteiger partial charge in [0.05, 0.1) is 17.9 Å². The van der Waals surface area contributed by atoms with Gasteiger partial charge in [-0.1, -0.05) is 57.5 Å². The summed E-state index contributed by atoms with van der Waals surface area (Å²) in [7, 11) is 0. The van der Waals surface area contributed by atoms with Crippen molar-refractivity contribution in [2.24, 2.45) is 11.3 Å². The van der Waals surface area contributed by atoms with E-state index in [1.165, 1.54) is 5.56 Å². The molecule has 1 aliphatic heterocycles. The first-order valence-electron chi connectivity index (χ1n) is 9.70. The highest BCUT2D eigenvalue weighted by molar-refractivity contribution is 5.79. The Hall–Kier alpha value is -2.10. The lowest BCUT2D eigenvalue weighted by Gasteiger charge is -2.39. The van der Waals surface area contributed by atoms with Crippen molar-refractivity contribution in [1.82, 2.24) is 14.9 Å². The number of likely N-dealkylation sites (tertiary alicyclic amines) is 1. The molecule has 4 nitrogen and oxygen atoms in total. The van der Waals surface area contributed by atoms with Crippen LogP contribution in [0.15, 0.2) is 30.5 Å². The van der Waals surface area contributed by atoms with Crippen LogP contribution >= 0.6 is 0 Å². The summed E-state index contributed by atoms with van der Waals surface area (Å²) >= 11 is 0. The number of piperidine rings is 1. The summed E-state index contributed by atoms with van der Waals surface area (Å²) in [6.45, 7) is 11.4. The van der Waals surface area contributed by atoms with Gasteiger partial charge in [0.15, 0.2) is 0 Å². The number of aromatic nitrogens is 2. The van der Waals surface area contributed by atoms with Crippen molar-refractivity contribution in [3.05, 3.63) is 41.9 Å². The summed E-state index contributed by atoms with van der Waals surface area (Å²) < 4.78 is 0. The zero-order valence-corrected chi connectivity index (χ0v) is 16.7. The number of aryl methyl sites for hydroxylation is 1.